The van der Waals surface area contributed by atoms with Crippen molar-refractivity contribution < 1.29 is 4.74 Å². The monoisotopic (exact) mass is 431 g/mol. The van der Waals surface area contributed by atoms with Crippen LogP contribution in [0.5, 0.6) is 0 Å². The molecule has 0 fully saturated rings. The number of pyridine rings is 1. The zero-order valence-electron chi connectivity index (χ0n) is 16.8. The molecule has 8 nitrogen and oxygen atoms in total. The third-order valence-electron chi connectivity index (χ3n) is 5.00. The number of hydrogen-bond donors (Lipinski definition) is 1. The Balaban J connectivity index is 1.23. The molecular weight excluding hydrogens is 410 g/mol. The summed E-state index contributed by atoms with van der Waals surface area (Å²) in [6, 6.07) is 18.2. The summed E-state index contributed by atoms with van der Waals surface area (Å²) in [6.45, 7) is 1.63. The average Bonchev–Trinajstić information content (AvgIpc) is 3.43. The summed E-state index contributed by atoms with van der Waals surface area (Å²) < 4.78 is 9.86. The second-order valence-corrected chi connectivity index (χ2v) is 8.03. The van der Waals surface area contributed by atoms with E-state index in [0.29, 0.717) is 31.5 Å². The van der Waals surface area contributed by atoms with Gasteiger partial charge < -0.3 is 15.0 Å². The van der Waals surface area contributed by atoms with Gasteiger partial charge in [-0.05, 0) is 18.2 Å². The molecule has 5 aromatic rings. The largest absolute Gasteiger partial charge is 0.382 e. The van der Waals surface area contributed by atoms with Crippen molar-refractivity contribution in [2.24, 2.45) is 0 Å². The van der Waals surface area contributed by atoms with E-state index in [1.54, 1.807) is 24.3 Å². The predicted molar refractivity (Wildman–Crippen MR) is 121 cm³/mol. The normalized spacial score (nSPS) is 11.5. The van der Waals surface area contributed by atoms with Crippen LogP contribution in [0.3, 0.4) is 0 Å². The first-order valence-corrected chi connectivity index (χ1v) is 10.9. The highest BCUT2D eigenvalue weighted by Gasteiger charge is 2.12. The number of nitrogen functional groups attached to an aromatic ring is 1. The number of nitrogens with zero attached hydrogens (tertiary/aromatic N) is 6. The summed E-state index contributed by atoms with van der Waals surface area (Å²) in [5, 5.41) is 9.24. The number of hydrogen-bond acceptors (Lipinski definition) is 7. The number of nitrogens with two attached hydrogens (primary N) is 1. The van der Waals surface area contributed by atoms with Crippen LogP contribution < -0.4 is 5.73 Å². The maximum absolute atomic E-state index is 6.10. The molecule has 31 heavy (non-hydrogen) atoms. The van der Waals surface area contributed by atoms with Gasteiger partial charge in [-0.25, -0.2) is 14.6 Å². The van der Waals surface area contributed by atoms with Gasteiger partial charge in [-0.15, -0.1) is 16.9 Å². The van der Waals surface area contributed by atoms with E-state index in [0.717, 1.165) is 27.6 Å². The molecule has 0 aliphatic carbocycles. The van der Waals surface area contributed by atoms with Crippen molar-refractivity contribution in [3.05, 3.63) is 72.8 Å². The van der Waals surface area contributed by atoms with Gasteiger partial charge in [0.15, 0.2) is 5.82 Å². The van der Waals surface area contributed by atoms with Gasteiger partial charge in [-0.2, -0.15) is 0 Å². The molecule has 3 heterocycles. The number of benzene rings is 2. The number of thioether (sulfide) groups is 1. The zero-order chi connectivity index (χ0) is 21.0. The number of aromatic nitrogens is 6. The van der Waals surface area contributed by atoms with Crippen molar-refractivity contribution >= 4 is 39.5 Å². The van der Waals surface area contributed by atoms with E-state index < -0.39 is 0 Å². The molecule has 2 N–H and O–H groups in total. The summed E-state index contributed by atoms with van der Waals surface area (Å²) in [4.78, 5) is 10.1. The van der Waals surface area contributed by atoms with Crippen molar-refractivity contribution in [1.82, 2.24) is 29.5 Å². The van der Waals surface area contributed by atoms with Crippen molar-refractivity contribution in [2.75, 3.05) is 12.3 Å². The number of anilines is 1. The molecule has 0 unspecified atom stereocenters. The Morgan fingerprint density at radius 3 is 2.77 bits per heavy atom. The third-order valence-corrected chi connectivity index (χ3v) is 5.98. The Labute approximate surface area is 183 Å². The van der Waals surface area contributed by atoms with E-state index in [1.807, 2.05) is 47.1 Å². The van der Waals surface area contributed by atoms with Gasteiger partial charge in [0.05, 0.1) is 48.3 Å². The quantitative estimate of drug-likeness (QED) is 0.295. The number of fused-ring (bicyclic) bond motifs is 3. The van der Waals surface area contributed by atoms with Crippen molar-refractivity contribution in [3.8, 4) is 0 Å². The SMILES string of the molecule is Nc1nc2ccccc2c2c1ncn2CCOCc1cnnn1CSc1ccccc1. The van der Waals surface area contributed by atoms with Crippen LogP contribution in [0.2, 0.25) is 0 Å². The number of rotatable bonds is 8. The Kier molecular flexibility index (Phi) is 5.51. The maximum Gasteiger partial charge on any atom is 0.152 e. The van der Waals surface area contributed by atoms with E-state index in [1.165, 1.54) is 4.90 Å². The van der Waals surface area contributed by atoms with Gasteiger partial charge in [-0.1, -0.05) is 41.6 Å². The average molecular weight is 432 g/mol. The van der Waals surface area contributed by atoms with E-state index in [-0.39, 0.29) is 0 Å². The van der Waals surface area contributed by atoms with E-state index in [9.17, 15) is 0 Å². The summed E-state index contributed by atoms with van der Waals surface area (Å²) in [6.07, 6.45) is 3.54. The highest BCUT2D eigenvalue weighted by atomic mass is 32.2. The predicted octanol–water partition coefficient (Wildman–Crippen LogP) is 3.72. The molecule has 2 aromatic carbocycles. The molecule has 0 amide bonds. The Morgan fingerprint density at radius 1 is 1.03 bits per heavy atom. The lowest BCUT2D eigenvalue weighted by Gasteiger charge is -2.09. The lowest BCUT2D eigenvalue weighted by atomic mass is 10.2. The van der Waals surface area contributed by atoms with Crippen LogP contribution in [-0.4, -0.2) is 36.1 Å². The number of imidazole rings is 1. The molecule has 0 aliphatic rings. The first-order chi connectivity index (χ1) is 15.3. The van der Waals surface area contributed by atoms with Gasteiger partial charge >= 0.3 is 0 Å². The Hall–Kier alpha value is -3.43. The standard InChI is InChI=1S/C22H21N7OS/c23-22-20-21(18-8-4-5-9-19(18)26-22)28(14-24-20)10-11-30-13-16-12-25-27-29(16)15-31-17-6-2-1-3-7-17/h1-9,12,14H,10-11,13,15H2,(H2,23,26). The van der Waals surface area contributed by atoms with Gasteiger partial charge in [0, 0.05) is 16.8 Å². The van der Waals surface area contributed by atoms with Gasteiger partial charge in [0.25, 0.3) is 0 Å². The molecular formula is C22H21N7OS. The molecule has 0 saturated heterocycles. The van der Waals surface area contributed by atoms with Crippen LogP contribution in [0.15, 0.2) is 72.0 Å². The van der Waals surface area contributed by atoms with E-state index >= 15 is 0 Å². The third kappa shape index (κ3) is 4.10. The summed E-state index contributed by atoms with van der Waals surface area (Å²) in [5.74, 6) is 1.13. The number of ether oxygens (including phenoxy) is 1. The topological polar surface area (TPSA) is 96.7 Å². The molecule has 0 atom stereocenters. The van der Waals surface area contributed by atoms with E-state index in [4.69, 9.17) is 10.5 Å². The fraction of sp³-hybridized carbons (Fsp3) is 0.182. The van der Waals surface area contributed by atoms with Crippen LogP contribution in [0.4, 0.5) is 5.82 Å². The first-order valence-electron chi connectivity index (χ1n) is 9.91. The molecule has 0 radical (unpaired) electrons. The van der Waals surface area contributed by atoms with Gasteiger partial charge in [0.1, 0.15) is 5.52 Å². The Morgan fingerprint density at radius 2 is 1.87 bits per heavy atom. The van der Waals surface area contributed by atoms with Gasteiger partial charge in [0.2, 0.25) is 0 Å². The molecule has 3 aromatic heterocycles. The summed E-state index contributed by atoms with van der Waals surface area (Å²) in [5.41, 5.74) is 9.61. The van der Waals surface area contributed by atoms with Crippen LogP contribution >= 0.6 is 11.8 Å². The zero-order valence-corrected chi connectivity index (χ0v) is 17.6. The van der Waals surface area contributed by atoms with E-state index in [2.05, 4.69) is 37.0 Å². The van der Waals surface area contributed by atoms with Crippen LogP contribution in [0.1, 0.15) is 5.69 Å². The van der Waals surface area contributed by atoms with Gasteiger partial charge in [-0.3, -0.25) is 0 Å². The van der Waals surface area contributed by atoms with Crippen LogP contribution in [0.25, 0.3) is 21.9 Å². The smallest absolute Gasteiger partial charge is 0.152 e. The lowest BCUT2D eigenvalue weighted by Crippen LogP contribution is -2.09. The fourth-order valence-electron chi connectivity index (χ4n) is 3.47. The number of para-hydroxylation sites is 1. The van der Waals surface area contributed by atoms with Crippen molar-refractivity contribution in [2.45, 2.75) is 23.9 Å². The van der Waals surface area contributed by atoms with Crippen LogP contribution in [0, 0.1) is 0 Å². The van der Waals surface area contributed by atoms with Crippen LogP contribution in [-0.2, 0) is 23.8 Å². The Bertz CT molecular complexity index is 1320. The molecule has 0 saturated carbocycles. The summed E-state index contributed by atoms with van der Waals surface area (Å²) in [7, 11) is 0. The lowest BCUT2D eigenvalue weighted by molar-refractivity contribution is 0.109. The highest BCUT2D eigenvalue weighted by Crippen LogP contribution is 2.26. The molecule has 0 aliphatic heterocycles. The maximum atomic E-state index is 6.10. The second kappa shape index (κ2) is 8.75. The minimum Gasteiger partial charge on any atom is -0.382 e. The minimum atomic E-state index is 0.444. The van der Waals surface area contributed by atoms with Crippen molar-refractivity contribution in [3.63, 3.8) is 0 Å². The second-order valence-electron chi connectivity index (χ2n) is 7.01. The minimum absolute atomic E-state index is 0.444. The van der Waals surface area contributed by atoms with Crippen molar-refractivity contribution in [1.29, 1.82) is 0 Å². The highest BCUT2D eigenvalue weighted by molar-refractivity contribution is 7.98. The first kappa shape index (κ1) is 19.5. The molecule has 156 valence electrons. The molecule has 9 heteroatoms. The molecule has 0 spiro atoms. The molecule has 5 rings (SSSR count). The summed E-state index contributed by atoms with van der Waals surface area (Å²) >= 11 is 1.71. The fourth-order valence-corrected chi connectivity index (χ4v) is 4.31. The molecule has 0 bridgehead atoms.